The molecule has 0 atom stereocenters. The van der Waals surface area contributed by atoms with Crippen molar-refractivity contribution in [2.75, 3.05) is 31.1 Å². The molecule has 1 aliphatic heterocycles. The zero-order chi connectivity index (χ0) is 19.6. The zero-order valence-corrected chi connectivity index (χ0v) is 16.3. The van der Waals surface area contributed by atoms with Crippen LogP contribution in [0, 0.1) is 0 Å². The third-order valence-electron chi connectivity index (χ3n) is 4.89. The van der Waals surface area contributed by atoms with Crippen LogP contribution in [0.4, 0.5) is 5.82 Å². The molecule has 0 spiro atoms. The van der Waals surface area contributed by atoms with Gasteiger partial charge in [0.1, 0.15) is 0 Å². The second-order valence-electron chi connectivity index (χ2n) is 6.67. The molecule has 4 aromatic rings. The molecule has 29 heavy (non-hydrogen) atoms. The molecule has 0 bridgehead atoms. The Morgan fingerprint density at radius 2 is 1.72 bits per heavy atom. The lowest BCUT2D eigenvalue weighted by Gasteiger charge is -2.34. The van der Waals surface area contributed by atoms with Gasteiger partial charge in [0.05, 0.1) is 4.88 Å². The van der Waals surface area contributed by atoms with Gasteiger partial charge in [0.25, 0.3) is 5.91 Å². The summed E-state index contributed by atoms with van der Waals surface area (Å²) in [6, 6.07) is 13.4. The molecule has 0 saturated carbocycles. The highest BCUT2D eigenvalue weighted by Crippen LogP contribution is 2.25. The van der Waals surface area contributed by atoms with Gasteiger partial charge in [-0.1, -0.05) is 11.2 Å². The van der Waals surface area contributed by atoms with Gasteiger partial charge >= 0.3 is 0 Å². The van der Waals surface area contributed by atoms with Gasteiger partial charge in [0, 0.05) is 44.6 Å². The Morgan fingerprint density at radius 1 is 0.966 bits per heavy atom. The Bertz CT molecular complexity index is 1080. The molecule has 1 aliphatic rings. The van der Waals surface area contributed by atoms with E-state index in [1.54, 1.807) is 22.3 Å². The summed E-state index contributed by atoms with van der Waals surface area (Å²) >= 11 is 1.55. The maximum Gasteiger partial charge on any atom is 0.276 e. The van der Waals surface area contributed by atoms with Crippen molar-refractivity contribution in [3.8, 4) is 16.5 Å². The Hall–Kier alpha value is -3.46. The summed E-state index contributed by atoms with van der Waals surface area (Å²) in [6.07, 6.45) is 3.86. The number of nitrogens with zero attached hydrogens (tertiary/aromatic N) is 6. The van der Waals surface area contributed by atoms with Crippen molar-refractivity contribution in [1.82, 2.24) is 24.8 Å². The third-order valence-corrected chi connectivity index (χ3v) is 5.77. The first-order valence-electron chi connectivity index (χ1n) is 9.30. The molecule has 4 aromatic heterocycles. The summed E-state index contributed by atoms with van der Waals surface area (Å²) in [5, 5.41) is 14.6. The van der Waals surface area contributed by atoms with Gasteiger partial charge in [-0.3, -0.25) is 4.79 Å². The van der Waals surface area contributed by atoms with Crippen LogP contribution in [0.3, 0.4) is 0 Å². The summed E-state index contributed by atoms with van der Waals surface area (Å²) in [7, 11) is 0. The molecule has 5 heterocycles. The van der Waals surface area contributed by atoms with E-state index in [0.29, 0.717) is 37.6 Å². The van der Waals surface area contributed by atoms with Crippen molar-refractivity contribution in [2.45, 2.75) is 0 Å². The molecule has 5 rings (SSSR count). The van der Waals surface area contributed by atoms with E-state index in [2.05, 4.69) is 20.3 Å². The summed E-state index contributed by atoms with van der Waals surface area (Å²) in [4.78, 5) is 17.7. The molecule has 1 amide bonds. The van der Waals surface area contributed by atoms with Gasteiger partial charge in [0.15, 0.2) is 23.1 Å². The van der Waals surface area contributed by atoms with Crippen molar-refractivity contribution in [3.05, 3.63) is 65.9 Å². The molecular formula is C20H18N6O2S. The van der Waals surface area contributed by atoms with Gasteiger partial charge in [-0.25, -0.2) is 0 Å². The molecule has 9 heteroatoms. The van der Waals surface area contributed by atoms with Crippen molar-refractivity contribution in [3.63, 3.8) is 0 Å². The molecule has 0 aromatic carbocycles. The lowest BCUT2D eigenvalue weighted by atomic mass is 10.2. The number of anilines is 1. The van der Waals surface area contributed by atoms with Crippen molar-refractivity contribution in [2.24, 2.45) is 0 Å². The van der Waals surface area contributed by atoms with Crippen LogP contribution in [0.5, 0.6) is 0 Å². The van der Waals surface area contributed by atoms with Gasteiger partial charge in [-0.15, -0.1) is 21.5 Å². The van der Waals surface area contributed by atoms with Crippen molar-refractivity contribution in [1.29, 1.82) is 0 Å². The average molecular weight is 406 g/mol. The van der Waals surface area contributed by atoms with Gasteiger partial charge in [-0.2, -0.15) is 0 Å². The fourth-order valence-electron chi connectivity index (χ4n) is 3.32. The smallest absolute Gasteiger partial charge is 0.276 e. The average Bonchev–Trinajstić information content (AvgIpc) is 3.55. The topological polar surface area (TPSA) is 80.3 Å². The summed E-state index contributed by atoms with van der Waals surface area (Å²) in [5.41, 5.74) is 0.345. The molecule has 1 saturated heterocycles. The van der Waals surface area contributed by atoms with E-state index in [4.69, 9.17) is 4.52 Å². The summed E-state index contributed by atoms with van der Waals surface area (Å²) in [5.74, 6) is 2.11. The molecular weight excluding hydrogens is 388 g/mol. The van der Waals surface area contributed by atoms with E-state index >= 15 is 0 Å². The Morgan fingerprint density at radius 3 is 2.41 bits per heavy atom. The molecule has 1 fully saturated rings. The molecule has 146 valence electrons. The minimum atomic E-state index is -0.106. The van der Waals surface area contributed by atoms with Crippen LogP contribution in [0.2, 0.25) is 0 Å². The fourth-order valence-corrected chi connectivity index (χ4v) is 4.00. The Kier molecular flexibility index (Phi) is 4.57. The number of carbonyl (C=O) groups is 1. The highest BCUT2D eigenvalue weighted by molar-refractivity contribution is 7.13. The summed E-state index contributed by atoms with van der Waals surface area (Å²) in [6.45, 7) is 2.58. The highest BCUT2D eigenvalue weighted by Gasteiger charge is 2.25. The van der Waals surface area contributed by atoms with Gasteiger partial charge in [-0.05, 0) is 35.7 Å². The minimum absolute atomic E-state index is 0.106. The molecule has 0 unspecified atom stereocenters. The second-order valence-corrected chi connectivity index (χ2v) is 7.62. The van der Waals surface area contributed by atoms with Crippen LogP contribution >= 0.6 is 11.3 Å². The van der Waals surface area contributed by atoms with Crippen LogP contribution in [0.15, 0.2) is 64.8 Å². The molecule has 0 aliphatic carbocycles. The van der Waals surface area contributed by atoms with E-state index < -0.39 is 0 Å². The van der Waals surface area contributed by atoms with Gasteiger partial charge < -0.3 is 18.9 Å². The number of aromatic nitrogens is 4. The second kappa shape index (κ2) is 7.51. The first-order chi connectivity index (χ1) is 14.3. The fraction of sp³-hybridized carbons (Fsp3) is 0.200. The molecule has 0 N–H and O–H groups in total. The minimum Gasteiger partial charge on any atom is -0.355 e. The van der Waals surface area contributed by atoms with Crippen LogP contribution in [0.25, 0.3) is 16.5 Å². The third kappa shape index (κ3) is 3.52. The van der Waals surface area contributed by atoms with E-state index in [9.17, 15) is 4.79 Å². The van der Waals surface area contributed by atoms with Crippen LogP contribution < -0.4 is 4.90 Å². The van der Waals surface area contributed by atoms with E-state index in [1.807, 2.05) is 58.7 Å². The SMILES string of the molecule is O=C(c1cc(-c2cccs2)on1)N1CCN(c2ccc(-n3cccc3)nn2)CC1. The largest absolute Gasteiger partial charge is 0.355 e. The predicted molar refractivity (Wildman–Crippen MR) is 109 cm³/mol. The predicted octanol–water partition coefficient (Wildman–Crippen LogP) is 2.95. The van der Waals surface area contributed by atoms with Crippen molar-refractivity contribution >= 4 is 23.1 Å². The van der Waals surface area contributed by atoms with Crippen LogP contribution in [-0.2, 0) is 0 Å². The normalized spacial score (nSPS) is 14.3. The Labute approximate surface area is 171 Å². The number of thiophene rings is 1. The van der Waals surface area contributed by atoms with Crippen molar-refractivity contribution < 1.29 is 9.32 Å². The van der Waals surface area contributed by atoms with Gasteiger partial charge in [0.2, 0.25) is 0 Å². The number of piperazine rings is 1. The monoisotopic (exact) mass is 406 g/mol. The number of amides is 1. The highest BCUT2D eigenvalue weighted by atomic mass is 32.1. The number of carbonyl (C=O) groups excluding carboxylic acids is 1. The number of rotatable bonds is 4. The quantitative estimate of drug-likeness (QED) is 0.518. The molecule has 0 radical (unpaired) electrons. The lowest BCUT2D eigenvalue weighted by molar-refractivity contribution is 0.0736. The molecule has 8 nitrogen and oxygen atoms in total. The van der Waals surface area contributed by atoms with Crippen LogP contribution in [0.1, 0.15) is 10.5 Å². The van der Waals surface area contributed by atoms with Crippen LogP contribution in [-0.4, -0.2) is 56.9 Å². The first kappa shape index (κ1) is 17.6. The summed E-state index contributed by atoms with van der Waals surface area (Å²) < 4.78 is 7.25. The number of hydrogen-bond acceptors (Lipinski definition) is 7. The zero-order valence-electron chi connectivity index (χ0n) is 15.5. The standard InChI is InChI=1S/C20H18N6O2S/c27-20(15-14-16(28-23-15)17-4-3-13-29-17)26-11-9-25(10-12-26)19-6-5-18(21-22-19)24-7-1-2-8-24/h1-8,13-14H,9-12H2. The maximum atomic E-state index is 12.8. The number of hydrogen-bond donors (Lipinski definition) is 0. The Balaban J connectivity index is 1.22. The van der Waals surface area contributed by atoms with E-state index in [0.717, 1.165) is 16.5 Å². The lowest BCUT2D eigenvalue weighted by Crippen LogP contribution is -2.49. The maximum absolute atomic E-state index is 12.8. The van der Waals surface area contributed by atoms with E-state index in [-0.39, 0.29) is 5.91 Å². The first-order valence-corrected chi connectivity index (χ1v) is 10.2. The van der Waals surface area contributed by atoms with E-state index in [1.165, 1.54) is 0 Å².